The molecule has 0 amide bonds. The highest BCUT2D eigenvalue weighted by Crippen LogP contribution is 2.28. The average Bonchev–Trinajstić information content (AvgIpc) is 2.36. The van der Waals surface area contributed by atoms with E-state index in [1.165, 1.54) is 5.56 Å². The van der Waals surface area contributed by atoms with Gasteiger partial charge in [0.25, 0.3) is 0 Å². The topological polar surface area (TPSA) is 21.3 Å². The lowest BCUT2D eigenvalue weighted by atomic mass is 10.1. The van der Waals surface area contributed by atoms with Crippen LogP contribution in [0.2, 0.25) is 5.02 Å². The fourth-order valence-electron chi connectivity index (χ4n) is 1.68. The third kappa shape index (κ3) is 5.09. The highest BCUT2D eigenvalue weighted by molar-refractivity contribution is 7.99. The maximum Gasteiger partial charge on any atom is 0.137 e. The van der Waals surface area contributed by atoms with Crippen LogP contribution in [0.5, 0.6) is 5.75 Å². The molecule has 2 nitrogen and oxygen atoms in total. The van der Waals surface area contributed by atoms with Crippen molar-refractivity contribution in [1.29, 1.82) is 0 Å². The third-order valence-corrected chi connectivity index (χ3v) is 3.81. The molecule has 0 aliphatic heterocycles. The van der Waals surface area contributed by atoms with E-state index in [1.807, 2.05) is 23.9 Å². The second-order valence-corrected chi connectivity index (χ2v) is 5.82. The van der Waals surface area contributed by atoms with Gasteiger partial charge >= 0.3 is 0 Å². The van der Waals surface area contributed by atoms with Gasteiger partial charge in [0.1, 0.15) is 5.75 Å². The van der Waals surface area contributed by atoms with Gasteiger partial charge < -0.3 is 10.1 Å². The zero-order valence-corrected chi connectivity index (χ0v) is 12.9. The van der Waals surface area contributed by atoms with E-state index in [9.17, 15) is 0 Å². The third-order valence-electron chi connectivity index (χ3n) is 2.66. The normalized spacial score (nSPS) is 12.4. The first-order valence-electron chi connectivity index (χ1n) is 6.42. The summed E-state index contributed by atoms with van der Waals surface area (Å²) in [4.78, 5) is 0. The molecule has 0 heterocycles. The minimum atomic E-state index is 0.317. The van der Waals surface area contributed by atoms with Crippen molar-refractivity contribution in [2.24, 2.45) is 0 Å². The van der Waals surface area contributed by atoms with E-state index in [1.54, 1.807) is 0 Å². The molecule has 0 bridgehead atoms. The summed E-state index contributed by atoms with van der Waals surface area (Å²) >= 11 is 8.10. The van der Waals surface area contributed by atoms with Gasteiger partial charge in [-0.3, -0.25) is 0 Å². The van der Waals surface area contributed by atoms with Gasteiger partial charge in [-0.05, 0) is 36.9 Å². The van der Waals surface area contributed by atoms with Crippen LogP contribution < -0.4 is 10.1 Å². The van der Waals surface area contributed by atoms with Gasteiger partial charge in [0.05, 0.1) is 11.6 Å². The highest BCUT2D eigenvalue weighted by Gasteiger charge is 2.07. The summed E-state index contributed by atoms with van der Waals surface area (Å²) in [5.74, 6) is 2.90. The van der Waals surface area contributed by atoms with Crippen LogP contribution in [-0.2, 0) is 0 Å². The predicted molar refractivity (Wildman–Crippen MR) is 82.0 cm³/mol. The van der Waals surface area contributed by atoms with E-state index in [2.05, 4.69) is 32.2 Å². The van der Waals surface area contributed by atoms with E-state index < -0.39 is 0 Å². The number of hydrogen-bond acceptors (Lipinski definition) is 3. The quantitative estimate of drug-likeness (QED) is 0.726. The standard InChI is InChI=1S/C14H22ClNOS/c1-4-16-11(3)12-6-7-14(13(15)10-12)17-8-9-18-5-2/h6-7,10-11,16H,4-5,8-9H2,1-3H3. The van der Waals surface area contributed by atoms with Crippen molar-refractivity contribution < 1.29 is 4.74 Å². The molecule has 0 spiro atoms. The molecular weight excluding hydrogens is 266 g/mol. The molecular formula is C14H22ClNOS. The molecule has 1 aromatic rings. The molecule has 0 fully saturated rings. The van der Waals surface area contributed by atoms with Crippen molar-refractivity contribution in [1.82, 2.24) is 5.32 Å². The molecule has 18 heavy (non-hydrogen) atoms. The number of hydrogen-bond donors (Lipinski definition) is 1. The number of nitrogens with one attached hydrogen (secondary N) is 1. The Bertz CT molecular complexity index is 360. The first-order chi connectivity index (χ1) is 8.69. The Kier molecular flexibility index (Phi) is 7.56. The molecule has 1 atom stereocenters. The summed E-state index contributed by atoms with van der Waals surface area (Å²) in [6, 6.07) is 6.33. The molecule has 0 saturated heterocycles. The first-order valence-corrected chi connectivity index (χ1v) is 7.95. The van der Waals surface area contributed by atoms with Crippen LogP contribution in [0, 0.1) is 0 Å². The van der Waals surface area contributed by atoms with Gasteiger partial charge in [-0.25, -0.2) is 0 Å². The number of rotatable bonds is 8. The van der Waals surface area contributed by atoms with Gasteiger partial charge in [-0.1, -0.05) is 31.5 Å². The SMILES string of the molecule is CCNC(C)c1ccc(OCCSCC)c(Cl)c1. The average molecular weight is 288 g/mol. The zero-order chi connectivity index (χ0) is 13.4. The molecule has 1 aromatic carbocycles. The lowest BCUT2D eigenvalue weighted by Gasteiger charge is -2.14. The number of ether oxygens (including phenoxy) is 1. The van der Waals surface area contributed by atoms with Crippen LogP contribution in [0.25, 0.3) is 0 Å². The maximum absolute atomic E-state index is 6.23. The van der Waals surface area contributed by atoms with Crippen molar-refractivity contribution in [2.75, 3.05) is 24.7 Å². The monoisotopic (exact) mass is 287 g/mol. The van der Waals surface area contributed by atoms with E-state index in [-0.39, 0.29) is 0 Å². The zero-order valence-electron chi connectivity index (χ0n) is 11.3. The minimum Gasteiger partial charge on any atom is -0.491 e. The lowest BCUT2D eigenvalue weighted by Crippen LogP contribution is -2.17. The molecule has 0 aliphatic carbocycles. The van der Waals surface area contributed by atoms with E-state index in [4.69, 9.17) is 16.3 Å². The summed E-state index contributed by atoms with van der Waals surface area (Å²) in [5.41, 5.74) is 1.19. The summed E-state index contributed by atoms with van der Waals surface area (Å²) < 4.78 is 5.66. The van der Waals surface area contributed by atoms with Crippen molar-refractivity contribution in [3.05, 3.63) is 28.8 Å². The lowest BCUT2D eigenvalue weighted by molar-refractivity contribution is 0.344. The largest absolute Gasteiger partial charge is 0.491 e. The van der Waals surface area contributed by atoms with Crippen molar-refractivity contribution in [3.8, 4) is 5.75 Å². The van der Waals surface area contributed by atoms with Crippen LogP contribution in [0.1, 0.15) is 32.4 Å². The fourth-order valence-corrected chi connectivity index (χ4v) is 2.42. The Morgan fingerprint density at radius 1 is 1.39 bits per heavy atom. The van der Waals surface area contributed by atoms with Crippen LogP contribution in [0.3, 0.4) is 0 Å². The summed E-state index contributed by atoms with van der Waals surface area (Å²) in [5, 5.41) is 4.06. The van der Waals surface area contributed by atoms with Gasteiger partial charge in [0, 0.05) is 11.8 Å². The van der Waals surface area contributed by atoms with Crippen LogP contribution >= 0.6 is 23.4 Å². The molecule has 0 saturated carbocycles. The minimum absolute atomic E-state index is 0.317. The molecule has 0 radical (unpaired) electrons. The van der Waals surface area contributed by atoms with Crippen molar-refractivity contribution in [3.63, 3.8) is 0 Å². The molecule has 0 aliphatic rings. The van der Waals surface area contributed by atoms with Gasteiger partial charge in [-0.15, -0.1) is 0 Å². The predicted octanol–water partition coefficient (Wildman–Crippen LogP) is 4.14. The van der Waals surface area contributed by atoms with Gasteiger partial charge in [0.15, 0.2) is 0 Å². The molecule has 4 heteroatoms. The van der Waals surface area contributed by atoms with Gasteiger partial charge in [-0.2, -0.15) is 11.8 Å². The second-order valence-electron chi connectivity index (χ2n) is 4.01. The first kappa shape index (κ1) is 15.7. The van der Waals surface area contributed by atoms with E-state index in [0.29, 0.717) is 17.7 Å². The molecule has 1 rings (SSSR count). The Hall–Kier alpha value is -0.380. The Morgan fingerprint density at radius 3 is 2.78 bits per heavy atom. The second kappa shape index (κ2) is 8.68. The molecule has 0 aromatic heterocycles. The van der Waals surface area contributed by atoms with Crippen LogP contribution in [0.15, 0.2) is 18.2 Å². The Morgan fingerprint density at radius 2 is 2.17 bits per heavy atom. The maximum atomic E-state index is 6.23. The van der Waals surface area contributed by atoms with E-state index in [0.717, 1.165) is 23.8 Å². The summed E-state index contributed by atoms with van der Waals surface area (Å²) in [6.45, 7) is 8.04. The van der Waals surface area contributed by atoms with Gasteiger partial charge in [0.2, 0.25) is 0 Å². The van der Waals surface area contributed by atoms with E-state index >= 15 is 0 Å². The highest BCUT2D eigenvalue weighted by atomic mass is 35.5. The van der Waals surface area contributed by atoms with Crippen LogP contribution in [0.4, 0.5) is 0 Å². The Labute approximate surface area is 119 Å². The van der Waals surface area contributed by atoms with Crippen molar-refractivity contribution in [2.45, 2.75) is 26.8 Å². The fraction of sp³-hybridized carbons (Fsp3) is 0.571. The number of halogens is 1. The summed E-state index contributed by atoms with van der Waals surface area (Å²) in [7, 11) is 0. The van der Waals surface area contributed by atoms with Crippen molar-refractivity contribution >= 4 is 23.4 Å². The van der Waals surface area contributed by atoms with Crippen LogP contribution in [-0.4, -0.2) is 24.7 Å². The summed E-state index contributed by atoms with van der Waals surface area (Å²) in [6.07, 6.45) is 0. The molecule has 1 unspecified atom stereocenters. The molecule has 102 valence electrons. The number of thioether (sulfide) groups is 1. The smallest absolute Gasteiger partial charge is 0.137 e. The molecule has 1 N–H and O–H groups in total. The number of benzene rings is 1. The Balaban J connectivity index is 2.56.